The number of fused-ring (bicyclic) bond motifs is 1. The number of β-amino-alcohol motifs (C(OH)–C–C–N with tert-alkyl or cyclic N) is 1. The van der Waals surface area contributed by atoms with Crippen molar-refractivity contribution in [3.63, 3.8) is 0 Å². The minimum absolute atomic E-state index is 0.0246. The first-order valence-electron chi connectivity index (χ1n) is 20.1. The highest BCUT2D eigenvalue weighted by atomic mass is 16.7. The molecular weight excluding hydrogens is 722 g/mol. The van der Waals surface area contributed by atoms with Crippen molar-refractivity contribution in [2.75, 3.05) is 41.3 Å². The molecule has 2 fully saturated rings. The lowest BCUT2D eigenvalue weighted by Gasteiger charge is -2.47. The van der Waals surface area contributed by atoms with E-state index < -0.39 is 79.0 Å². The molecule has 2 saturated heterocycles. The minimum atomic E-state index is -1.32. The van der Waals surface area contributed by atoms with Crippen LogP contribution in [0.25, 0.3) is 10.9 Å². The number of esters is 2. The van der Waals surface area contributed by atoms with Gasteiger partial charge in [0.1, 0.15) is 30.7 Å². The number of ether oxygens (including phenoxy) is 5. The standard InChI is InChI=1S/C42H65N3O11/c1-8-35(48)55-34-23-36(49)54-31(15-11-13-28-22-29-14-9-10-17-32(29)43-24-28)16-12-19-45(6)25-33(47)26(2)21-30(18-20-46)40(41(34)52-7)56-42-39(51)37(44(4)5)38(50)27(3)53-42/h9-10,14,17,20,22,24,26-27,30-31,33-34,37-42,47,50-51H,8,11-13,15-16,18-19,21,23,25H2,1-7H3/t26-,27?,30+,31+,33+,34-,37?,38+,39?,40+,41+,42+/m1/s1. The molecule has 2 aliphatic rings. The van der Waals surface area contributed by atoms with Gasteiger partial charge in [0.2, 0.25) is 0 Å². The summed E-state index contributed by atoms with van der Waals surface area (Å²) in [4.78, 5) is 47.4. The molecule has 0 radical (unpaired) electrons. The summed E-state index contributed by atoms with van der Waals surface area (Å²) in [6.07, 6.45) is -3.00. The second-order valence-corrected chi connectivity index (χ2v) is 15.9. The maximum atomic E-state index is 13.9. The lowest BCUT2D eigenvalue weighted by atomic mass is 9.82. The van der Waals surface area contributed by atoms with Crippen molar-refractivity contribution in [1.82, 2.24) is 14.8 Å². The van der Waals surface area contributed by atoms with Crippen LogP contribution < -0.4 is 0 Å². The molecule has 1 aromatic carbocycles. The molecule has 0 bridgehead atoms. The average molecular weight is 788 g/mol. The third-order valence-corrected chi connectivity index (χ3v) is 11.3. The van der Waals surface area contributed by atoms with E-state index in [1.165, 1.54) is 7.11 Å². The molecule has 14 nitrogen and oxygen atoms in total. The second kappa shape index (κ2) is 22.2. The summed E-state index contributed by atoms with van der Waals surface area (Å²) in [6.45, 7) is 6.24. The first-order valence-corrected chi connectivity index (χ1v) is 20.1. The fourth-order valence-corrected chi connectivity index (χ4v) is 8.07. The number of carbonyl (C=O) groups excluding carboxylic acids is 3. The van der Waals surface area contributed by atoms with Gasteiger partial charge in [-0.15, -0.1) is 0 Å². The van der Waals surface area contributed by atoms with E-state index in [1.54, 1.807) is 32.8 Å². The predicted molar refractivity (Wildman–Crippen MR) is 210 cm³/mol. The number of aliphatic hydroxyl groups excluding tert-OH is 3. The molecule has 2 aliphatic heterocycles. The zero-order valence-electron chi connectivity index (χ0n) is 34.2. The van der Waals surface area contributed by atoms with Crippen LogP contribution in [0, 0.1) is 11.8 Å². The Hall–Kier alpha value is -3.08. The van der Waals surface area contributed by atoms with Gasteiger partial charge in [-0.1, -0.05) is 32.0 Å². The van der Waals surface area contributed by atoms with Crippen molar-refractivity contribution in [2.45, 2.75) is 140 Å². The molecular formula is C42H65N3O11. The summed E-state index contributed by atoms with van der Waals surface area (Å²) in [7, 11) is 6.80. The van der Waals surface area contributed by atoms with E-state index in [4.69, 9.17) is 23.7 Å². The van der Waals surface area contributed by atoms with Gasteiger partial charge in [-0.05, 0) is 103 Å². The fraction of sp³-hybridized carbons (Fsp3) is 0.714. The maximum absolute atomic E-state index is 13.9. The van der Waals surface area contributed by atoms with E-state index >= 15 is 0 Å². The van der Waals surface area contributed by atoms with E-state index in [2.05, 4.69) is 11.1 Å². The molecule has 314 valence electrons. The number of pyridine rings is 1. The van der Waals surface area contributed by atoms with Crippen LogP contribution in [-0.4, -0.2) is 151 Å². The van der Waals surface area contributed by atoms with E-state index in [-0.39, 0.29) is 25.2 Å². The van der Waals surface area contributed by atoms with Gasteiger partial charge in [0.25, 0.3) is 0 Å². The molecule has 4 rings (SSSR count). The highest BCUT2D eigenvalue weighted by Crippen LogP contribution is 2.34. The molecule has 2 aromatic rings. The summed E-state index contributed by atoms with van der Waals surface area (Å²) in [5, 5.41) is 34.9. The van der Waals surface area contributed by atoms with E-state index in [1.807, 2.05) is 49.3 Å². The van der Waals surface area contributed by atoms with Gasteiger partial charge in [-0.25, -0.2) is 0 Å². The first-order chi connectivity index (χ1) is 26.8. The number of benzene rings is 1. The number of cyclic esters (lactones) is 1. The Morgan fingerprint density at radius 1 is 1.12 bits per heavy atom. The molecule has 56 heavy (non-hydrogen) atoms. The van der Waals surface area contributed by atoms with E-state index in [0.717, 1.165) is 42.0 Å². The van der Waals surface area contributed by atoms with Crippen LogP contribution in [0.4, 0.5) is 0 Å². The van der Waals surface area contributed by atoms with Crippen LogP contribution in [0.1, 0.15) is 77.7 Å². The number of aldehydes is 1. The van der Waals surface area contributed by atoms with Gasteiger partial charge in [0.15, 0.2) is 6.29 Å². The Kier molecular flexibility index (Phi) is 18.1. The molecule has 12 atom stereocenters. The normalized spacial score (nSPS) is 33.2. The maximum Gasteiger partial charge on any atom is 0.309 e. The Bertz CT molecular complexity index is 1530. The summed E-state index contributed by atoms with van der Waals surface area (Å²) in [6, 6.07) is 9.33. The van der Waals surface area contributed by atoms with Gasteiger partial charge >= 0.3 is 11.9 Å². The number of hydrogen-bond donors (Lipinski definition) is 3. The number of methoxy groups -OCH3 is 1. The number of rotatable bonds is 12. The number of aromatic nitrogens is 1. The topological polar surface area (TPSA) is 177 Å². The van der Waals surface area contributed by atoms with Crippen LogP contribution in [0.15, 0.2) is 36.5 Å². The van der Waals surface area contributed by atoms with Crippen molar-refractivity contribution < 1.29 is 53.4 Å². The molecule has 14 heteroatoms. The number of aryl methyl sites for hydroxylation is 1. The molecule has 3 N–H and O–H groups in total. The summed E-state index contributed by atoms with van der Waals surface area (Å²) in [5.74, 6) is -2.10. The minimum Gasteiger partial charge on any atom is -0.462 e. The Balaban J connectivity index is 1.66. The summed E-state index contributed by atoms with van der Waals surface area (Å²) in [5.41, 5.74) is 2.02. The second-order valence-electron chi connectivity index (χ2n) is 15.9. The number of likely N-dealkylation sites (N-methyl/N-ethyl adjacent to an activating group) is 2. The van der Waals surface area contributed by atoms with Gasteiger partial charge in [0.05, 0.1) is 42.4 Å². The van der Waals surface area contributed by atoms with Crippen LogP contribution >= 0.6 is 0 Å². The molecule has 1 aromatic heterocycles. The van der Waals surface area contributed by atoms with E-state index in [0.29, 0.717) is 32.4 Å². The largest absolute Gasteiger partial charge is 0.462 e. The summed E-state index contributed by atoms with van der Waals surface area (Å²) < 4.78 is 30.7. The number of hydrogen-bond acceptors (Lipinski definition) is 14. The van der Waals surface area contributed by atoms with Gasteiger partial charge in [-0.3, -0.25) is 14.6 Å². The number of aliphatic hydroxyl groups is 3. The van der Waals surface area contributed by atoms with Crippen molar-refractivity contribution in [3.05, 3.63) is 42.1 Å². The molecule has 3 heterocycles. The predicted octanol–water partition coefficient (Wildman–Crippen LogP) is 3.30. The SMILES string of the molecule is CCC(=O)O[C@@H]1CC(=O)O[C@@H](CCCc2cnc3ccccc3c2)CCCN(C)C[C@H](O)[C@H](C)C[C@H](CC=O)[C@H](O[C@@H]2OC(C)[C@H](O)C(N(C)C)C2O)[C@H]1OC. The molecule has 0 aliphatic carbocycles. The molecule has 0 amide bonds. The van der Waals surface area contributed by atoms with Crippen molar-refractivity contribution in [1.29, 1.82) is 0 Å². The fourth-order valence-electron chi connectivity index (χ4n) is 8.07. The van der Waals surface area contributed by atoms with Crippen LogP contribution in [0.5, 0.6) is 0 Å². The Labute approximate surface area is 331 Å². The lowest BCUT2D eigenvalue weighted by molar-refractivity contribution is -0.310. The van der Waals surface area contributed by atoms with Crippen molar-refractivity contribution in [3.8, 4) is 0 Å². The highest BCUT2D eigenvalue weighted by Gasteiger charge is 2.48. The monoisotopic (exact) mass is 787 g/mol. The quantitative estimate of drug-likeness (QED) is 0.211. The van der Waals surface area contributed by atoms with Crippen LogP contribution in [-0.2, 0) is 44.5 Å². The van der Waals surface area contributed by atoms with Crippen LogP contribution in [0.3, 0.4) is 0 Å². The third kappa shape index (κ3) is 12.7. The molecule has 0 spiro atoms. The number of nitrogens with zero attached hydrogens (tertiary/aromatic N) is 3. The van der Waals surface area contributed by atoms with Crippen molar-refractivity contribution in [2.24, 2.45) is 11.8 Å². The summed E-state index contributed by atoms with van der Waals surface area (Å²) >= 11 is 0. The van der Waals surface area contributed by atoms with Gasteiger partial charge in [0, 0.05) is 38.1 Å². The number of carbonyl (C=O) groups is 3. The van der Waals surface area contributed by atoms with Crippen LogP contribution in [0.2, 0.25) is 0 Å². The zero-order valence-corrected chi connectivity index (χ0v) is 34.2. The Morgan fingerprint density at radius 3 is 2.57 bits per heavy atom. The van der Waals surface area contributed by atoms with Gasteiger partial charge in [-0.2, -0.15) is 0 Å². The lowest BCUT2D eigenvalue weighted by Crippen LogP contribution is -2.63. The highest BCUT2D eigenvalue weighted by molar-refractivity contribution is 5.78. The van der Waals surface area contributed by atoms with E-state index in [9.17, 15) is 29.7 Å². The Morgan fingerprint density at radius 2 is 1.88 bits per heavy atom. The zero-order chi connectivity index (χ0) is 40.9. The van der Waals surface area contributed by atoms with Crippen molar-refractivity contribution >= 4 is 29.1 Å². The molecule has 0 saturated carbocycles. The van der Waals surface area contributed by atoms with Gasteiger partial charge < -0.3 is 53.6 Å². The molecule has 3 unspecified atom stereocenters. The average Bonchev–Trinajstić information content (AvgIpc) is 3.15. The third-order valence-electron chi connectivity index (χ3n) is 11.3. The first kappa shape index (κ1) is 45.6. The number of para-hydroxylation sites is 1. The smallest absolute Gasteiger partial charge is 0.309 e.